The van der Waals surface area contributed by atoms with Crippen molar-refractivity contribution in [1.29, 1.82) is 0 Å². The third kappa shape index (κ3) is 4.27. The number of alkyl halides is 9. The van der Waals surface area contributed by atoms with E-state index in [1.165, 1.54) is 6.07 Å². The lowest BCUT2D eigenvalue weighted by molar-refractivity contribution is -0.382. The maximum Gasteiger partial charge on any atom is 0.460 e. The van der Waals surface area contributed by atoms with Gasteiger partial charge in [-0.3, -0.25) is 4.79 Å². The van der Waals surface area contributed by atoms with Gasteiger partial charge < -0.3 is 8.92 Å². The summed E-state index contributed by atoms with van der Waals surface area (Å²) in [6, 6.07) is 3.21. The highest BCUT2D eigenvalue weighted by molar-refractivity contribution is 7.88. The van der Waals surface area contributed by atoms with Crippen LogP contribution in [0.5, 0.6) is 5.75 Å². The molecule has 0 saturated heterocycles. The van der Waals surface area contributed by atoms with Crippen LogP contribution in [0.3, 0.4) is 0 Å². The van der Waals surface area contributed by atoms with Gasteiger partial charge in [-0.05, 0) is 79.9 Å². The number of fused-ring (bicyclic) bond motifs is 4. The molecule has 4 atom stereocenters. The number of allylic oxidation sites excluding steroid dienone is 6. The Hall–Kier alpha value is -2.97. The van der Waals surface area contributed by atoms with E-state index in [2.05, 4.69) is 10.3 Å². The predicted octanol–water partition coefficient (Wildman–Crippen LogP) is 8.18. The molecule has 5 aliphatic carbocycles. The van der Waals surface area contributed by atoms with Crippen molar-refractivity contribution >= 4 is 15.9 Å². The molecular formula is C31H29F9O5S. The second-order valence-electron chi connectivity index (χ2n) is 12.9. The van der Waals surface area contributed by atoms with Crippen molar-refractivity contribution in [3.05, 3.63) is 64.0 Å². The Kier molecular flexibility index (Phi) is 7.18. The van der Waals surface area contributed by atoms with E-state index in [-0.39, 0.29) is 24.0 Å². The summed E-state index contributed by atoms with van der Waals surface area (Å²) in [5.74, 6) is -15.2. The molecule has 0 aliphatic heterocycles. The summed E-state index contributed by atoms with van der Waals surface area (Å²) in [5.41, 5.74) is 2.88. The van der Waals surface area contributed by atoms with Gasteiger partial charge in [0.25, 0.3) is 0 Å². The fourth-order valence-corrected chi connectivity index (χ4v) is 9.25. The van der Waals surface area contributed by atoms with Crippen LogP contribution in [0.15, 0.2) is 52.8 Å². The van der Waals surface area contributed by atoms with Crippen molar-refractivity contribution in [2.75, 3.05) is 6.61 Å². The van der Waals surface area contributed by atoms with Crippen LogP contribution < -0.4 is 4.18 Å². The van der Waals surface area contributed by atoms with Crippen molar-refractivity contribution < 1.29 is 61.6 Å². The molecule has 0 N–H and O–H groups in total. The highest BCUT2D eigenvalue weighted by Crippen LogP contribution is 2.68. The van der Waals surface area contributed by atoms with E-state index in [9.17, 15) is 52.7 Å². The summed E-state index contributed by atoms with van der Waals surface area (Å²) in [4.78, 5) is 13.2. The van der Waals surface area contributed by atoms with Gasteiger partial charge in [0.15, 0.2) is 0 Å². The first-order valence-electron chi connectivity index (χ1n) is 14.7. The average molecular weight is 685 g/mol. The lowest BCUT2D eigenvalue weighted by Gasteiger charge is -2.56. The average Bonchev–Trinajstić information content (AvgIpc) is 3.25. The highest BCUT2D eigenvalue weighted by Gasteiger charge is 2.86. The summed E-state index contributed by atoms with van der Waals surface area (Å²) < 4.78 is 156. The normalized spacial score (nSPS) is 29.7. The van der Waals surface area contributed by atoms with Crippen molar-refractivity contribution in [3.63, 3.8) is 0 Å². The molecule has 5 aliphatic rings. The zero-order valence-electron chi connectivity index (χ0n) is 24.5. The molecule has 1 aromatic carbocycles. The van der Waals surface area contributed by atoms with E-state index in [0.717, 1.165) is 34.6 Å². The number of rotatable bonds is 7. The number of carbonyl (C=O) groups is 1. The first kappa shape index (κ1) is 33.0. The van der Waals surface area contributed by atoms with E-state index in [0.29, 0.717) is 56.3 Å². The van der Waals surface area contributed by atoms with E-state index < -0.39 is 50.0 Å². The molecule has 5 nitrogen and oxygen atoms in total. The molecule has 46 heavy (non-hydrogen) atoms. The van der Waals surface area contributed by atoms with Crippen LogP contribution in [0.1, 0.15) is 69.4 Å². The van der Waals surface area contributed by atoms with Crippen LogP contribution in [-0.2, 0) is 26.1 Å². The van der Waals surface area contributed by atoms with Crippen LogP contribution in [0.2, 0.25) is 0 Å². The molecule has 15 heteroatoms. The number of ether oxygens (including phenoxy) is 1. The number of carbonyl (C=O) groups excluding carboxylic acids is 1. The van der Waals surface area contributed by atoms with Crippen LogP contribution in [-0.4, -0.2) is 44.1 Å². The van der Waals surface area contributed by atoms with E-state index in [1.54, 1.807) is 0 Å². The smallest absolute Gasteiger partial charge is 0.460 e. The lowest BCUT2D eigenvalue weighted by Crippen LogP contribution is -2.63. The third-order valence-corrected chi connectivity index (χ3v) is 11.8. The lowest BCUT2D eigenvalue weighted by atomic mass is 9.47. The van der Waals surface area contributed by atoms with Gasteiger partial charge in [0.05, 0.1) is 12.4 Å². The fourth-order valence-electron chi connectivity index (χ4n) is 8.35. The molecule has 6 rings (SSSR count). The summed E-state index contributed by atoms with van der Waals surface area (Å²) in [6.07, 6.45) is 0.206. The number of hydrogen-bond acceptors (Lipinski definition) is 5. The highest BCUT2D eigenvalue weighted by atomic mass is 32.2. The Morgan fingerprint density at radius 2 is 1.70 bits per heavy atom. The Morgan fingerprint density at radius 1 is 1.00 bits per heavy atom. The largest absolute Gasteiger partial charge is 0.498 e. The van der Waals surface area contributed by atoms with Gasteiger partial charge in [-0.1, -0.05) is 30.2 Å². The molecular weight excluding hydrogens is 655 g/mol. The minimum absolute atomic E-state index is 0.0196. The second kappa shape index (κ2) is 10.0. The molecule has 1 fully saturated rings. The number of ketones is 1. The molecule has 1 saturated carbocycles. The third-order valence-electron chi connectivity index (χ3n) is 10.5. The first-order chi connectivity index (χ1) is 21.1. The number of Topliss-reactive ketones (excluding diaryl/α,β-unsaturated/α-hetero) is 1. The van der Waals surface area contributed by atoms with Crippen LogP contribution in [0.4, 0.5) is 39.5 Å². The SMILES string of the molecule is CCOC1=CC2=CCC3=C4C(C[C@]5(C)C(=O)CC[C@@H]35)c3ccc(OS(=O)(=O)C(F)(F)C(F)(F)C(F)(F)C(F)(F)F)cc3C[C@]24CC1. The van der Waals surface area contributed by atoms with Crippen molar-refractivity contribution in [2.24, 2.45) is 16.7 Å². The topological polar surface area (TPSA) is 69.7 Å². The number of benzene rings is 1. The molecule has 1 unspecified atom stereocenters. The van der Waals surface area contributed by atoms with Crippen LogP contribution in [0.25, 0.3) is 0 Å². The molecule has 0 radical (unpaired) electrons. The van der Waals surface area contributed by atoms with E-state index >= 15 is 0 Å². The molecule has 0 heterocycles. The number of halogens is 9. The maximum absolute atomic E-state index is 14.4. The van der Waals surface area contributed by atoms with Crippen molar-refractivity contribution in [1.82, 2.24) is 0 Å². The van der Waals surface area contributed by atoms with Crippen molar-refractivity contribution in [3.8, 4) is 5.75 Å². The minimum atomic E-state index is -7.41. The Bertz CT molecular complexity index is 1710. The zero-order chi connectivity index (χ0) is 33.9. The quantitative estimate of drug-likeness (QED) is 0.165. The van der Waals surface area contributed by atoms with E-state index in [4.69, 9.17) is 4.74 Å². The fraction of sp³-hybridized carbons (Fsp3) is 0.581. The first-order valence-corrected chi connectivity index (χ1v) is 16.1. The van der Waals surface area contributed by atoms with Crippen molar-refractivity contribution in [2.45, 2.75) is 88.0 Å². The van der Waals surface area contributed by atoms with Gasteiger partial charge in [-0.15, -0.1) is 0 Å². The van der Waals surface area contributed by atoms with Gasteiger partial charge in [0, 0.05) is 29.6 Å². The van der Waals surface area contributed by atoms with Gasteiger partial charge >= 0.3 is 33.4 Å². The molecule has 0 aromatic heterocycles. The van der Waals surface area contributed by atoms with Crippen LogP contribution in [0, 0.1) is 16.7 Å². The zero-order valence-corrected chi connectivity index (χ0v) is 25.4. The molecule has 0 bridgehead atoms. The summed E-state index contributed by atoms with van der Waals surface area (Å²) in [5, 5.41) is -6.97. The Morgan fingerprint density at radius 3 is 2.35 bits per heavy atom. The number of hydrogen-bond donors (Lipinski definition) is 0. The summed E-state index contributed by atoms with van der Waals surface area (Å²) in [7, 11) is -7.10. The van der Waals surface area contributed by atoms with E-state index in [1.807, 2.05) is 19.9 Å². The summed E-state index contributed by atoms with van der Waals surface area (Å²) in [6.45, 7) is 4.18. The van der Waals surface area contributed by atoms with Crippen LogP contribution >= 0.6 is 0 Å². The van der Waals surface area contributed by atoms with Gasteiger partial charge in [0.2, 0.25) is 0 Å². The summed E-state index contributed by atoms with van der Waals surface area (Å²) >= 11 is 0. The molecule has 1 aromatic rings. The standard InChI is InChI=1S/C31H29F9O5S/c1-3-44-18-10-11-27-14-16-12-19(45-46(42,43)31(39,40)29(34,35)28(32,33)30(36,37)38)5-7-20(16)22-15-26(2)23(8-9-24(26)41)21(25(22)27)6-4-17(27)13-18/h4-5,7,12-13,22-23H,3,6,8-11,14-15H2,1-2H3/t22?,23-,26-,27+/m0/s1. The Balaban J connectivity index is 1.43. The van der Waals surface area contributed by atoms with Gasteiger partial charge in [0.1, 0.15) is 11.5 Å². The molecule has 252 valence electrons. The Labute approximate surface area is 258 Å². The molecule has 1 spiro atoms. The predicted molar refractivity (Wildman–Crippen MR) is 145 cm³/mol. The monoisotopic (exact) mass is 684 g/mol. The minimum Gasteiger partial charge on any atom is -0.498 e. The molecule has 0 amide bonds. The van der Waals surface area contributed by atoms with Gasteiger partial charge in [-0.25, -0.2) is 0 Å². The van der Waals surface area contributed by atoms with Gasteiger partial charge in [-0.2, -0.15) is 47.9 Å². The second-order valence-corrected chi connectivity index (χ2v) is 14.4. The maximum atomic E-state index is 14.4.